The molecular weight excluding hydrogens is 422 g/mol. The summed E-state index contributed by atoms with van der Waals surface area (Å²) in [5, 5.41) is 6.04. The zero-order valence-electron chi connectivity index (χ0n) is 17.1. The van der Waals surface area contributed by atoms with E-state index >= 15 is 0 Å². The predicted molar refractivity (Wildman–Crippen MR) is 114 cm³/mol. The van der Waals surface area contributed by atoms with Gasteiger partial charge in [0.1, 0.15) is 5.76 Å². The van der Waals surface area contributed by atoms with Gasteiger partial charge in [0.25, 0.3) is 5.91 Å². The van der Waals surface area contributed by atoms with Crippen LogP contribution in [0.3, 0.4) is 0 Å². The molecule has 1 aromatic carbocycles. The van der Waals surface area contributed by atoms with Gasteiger partial charge in [-0.25, -0.2) is 9.69 Å². The number of halogens is 1. The Kier molecular flexibility index (Phi) is 5.99. The lowest BCUT2D eigenvalue weighted by Gasteiger charge is -2.35. The van der Waals surface area contributed by atoms with E-state index in [9.17, 15) is 14.4 Å². The van der Waals surface area contributed by atoms with Gasteiger partial charge >= 0.3 is 6.03 Å². The third-order valence-corrected chi connectivity index (χ3v) is 5.94. The molecule has 1 atom stereocenters. The van der Waals surface area contributed by atoms with Gasteiger partial charge in [-0.3, -0.25) is 19.4 Å². The quantitative estimate of drug-likeness (QED) is 0.659. The molecular formula is C21H24ClN5O4. The largest absolute Gasteiger partial charge is 0.466 e. The van der Waals surface area contributed by atoms with Crippen LogP contribution in [0.25, 0.3) is 0 Å². The van der Waals surface area contributed by atoms with E-state index in [0.717, 1.165) is 0 Å². The minimum atomic E-state index is -1.20. The van der Waals surface area contributed by atoms with Crippen molar-refractivity contribution in [3.05, 3.63) is 53.4 Å². The Balaban J connectivity index is 1.27. The number of nitrogens with zero attached hydrogens (tertiary/aromatic N) is 3. The summed E-state index contributed by atoms with van der Waals surface area (Å²) in [6.45, 7) is 4.65. The fraction of sp³-hybridized carbons (Fsp3) is 0.381. The first-order chi connectivity index (χ1) is 14.9. The van der Waals surface area contributed by atoms with Gasteiger partial charge in [-0.15, -0.1) is 0 Å². The fourth-order valence-corrected chi connectivity index (χ4v) is 3.98. The van der Waals surface area contributed by atoms with Gasteiger partial charge < -0.3 is 15.1 Å². The molecule has 2 aliphatic rings. The Morgan fingerprint density at radius 2 is 1.84 bits per heavy atom. The molecule has 31 heavy (non-hydrogen) atoms. The second-order valence-electron chi connectivity index (χ2n) is 7.83. The molecule has 3 heterocycles. The van der Waals surface area contributed by atoms with Crippen LogP contribution in [0.1, 0.15) is 12.7 Å². The zero-order valence-corrected chi connectivity index (χ0v) is 17.9. The van der Waals surface area contributed by atoms with E-state index in [1.165, 1.54) is 11.2 Å². The molecule has 9 nitrogen and oxygen atoms in total. The first-order valence-electron chi connectivity index (χ1n) is 10.0. The zero-order chi connectivity index (χ0) is 22.0. The van der Waals surface area contributed by atoms with Crippen molar-refractivity contribution in [1.29, 1.82) is 0 Å². The number of rotatable bonds is 6. The minimum Gasteiger partial charge on any atom is -0.466 e. The summed E-state index contributed by atoms with van der Waals surface area (Å²) in [7, 11) is 0. The predicted octanol–water partition coefficient (Wildman–Crippen LogP) is 1.91. The van der Waals surface area contributed by atoms with Crippen LogP contribution in [0.15, 0.2) is 47.1 Å². The van der Waals surface area contributed by atoms with Crippen LogP contribution in [-0.4, -0.2) is 71.9 Å². The maximum Gasteiger partial charge on any atom is 0.326 e. The van der Waals surface area contributed by atoms with Crippen molar-refractivity contribution in [2.75, 3.05) is 44.7 Å². The lowest BCUT2D eigenvalue weighted by Crippen LogP contribution is -2.52. The highest BCUT2D eigenvalue weighted by molar-refractivity contribution is 6.33. The highest BCUT2D eigenvalue weighted by atomic mass is 35.5. The summed E-state index contributed by atoms with van der Waals surface area (Å²) in [6.07, 6.45) is 1.48. The molecule has 0 spiro atoms. The third kappa shape index (κ3) is 4.43. The minimum absolute atomic E-state index is 0.134. The van der Waals surface area contributed by atoms with Crippen molar-refractivity contribution < 1.29 is 18.8 Å². The molecule has 2 aliphatic heterocycles. The average molecular weight is 446 g/mol. The molecule has 2 saturated heterocycles. The molecule has 0 saturated carbocycles. The number of carbonyl (C=O) groups is 3. The molecule has 10 heteroatoms. The summed E-state index contributed by atoms with van der Waals surface area (Å²) in [4.78, 5) is 42.9. The molecule has 164 valence electrons. The summed E-state index contributed by atoms with van der Waals surface area (Å²) in [5.74, 6) is -0.0680. The maximum absolute atomic E-state index is 12.9. The van der Waals surface area contributed by atoms with Crippen LogP contribution < -0.4 is 10.6 Å². The Bertz CT molecular complexity index is 974. The number of piperazine rings is 1. The summed E-state index contributed by atoms with van der Waals surface area (Å²) >= 11 is 6.08. The van der Waals surface area contributed by atoms with Crippen LogP contribution in [0.4, 0.5) is 10.5 Å². The summed E-state index contributed by atoms with van der Waals surface area (Å²) < 4.78 is 5.35. The van der Waals surface area contributed by atoms with Gasteiger partial charge in [-0.1, -0.05) is 23.7 Å². The standard InChI is InChI=1S/C21H24ClN5O4/c1-21(17-7-4-12-31-17)19(29)27(20(30)24-21)14-26-10-8-25(9-11-26)13-18(28)23-16-6-3-2-5-15(16)22/h2-7,12H,8-11,13-14H2,1H3,(H,23,28)(H,24,30). The van der Waals surface area contributed by atoms with E-state index < -0.39 is 11.6 Å². The average Bonchev–Trinajstić information content (AvgIpc) is 3.36. The van der Waals surface area contributed by atoms with E-state index in [2.05, 4.69) is 10.6 Å². The molecule has 2 N–H and O–H groups in total. The number of para-hydroxylation sites is 1. The number of carbonyl (C=O) groups excluding carboxylic acids is 3. The van der Waals surface area contributed by atoms with E-state index in [0.29, 0.717) is 42.6 Å². The van der Waals surface area contributed by atoms with Crippen molar-refractivity contribution in [3.63, 3.8) is 0 Å². The topological polar surface area (TPSA) is 98.1 Å². The highest BCUT2D eigenvalue weighted by Gasteiger charge is 2.51. The number of hydrogen-bond donors (Lipinski definition) is 2. The number of benzene rings is 1. The number of urea groups is 1. The van der Waals surface area contributed by atoms with Crippen molar-refractivity contribution in [2.45, 2.75) is 12.5 Å². The van der Waals surface area contributed by atoms with Gasteiger partial charge in [0.2, 0.25) is 5.91 Å². The maximum atomic E-state index is 12.9. The Labute approximate surface area is 184 Å². The van der Waals surface area contributed by atoms with Crippen LogP contribution >= 0.6 is 11.6 Å². The van der Waals surface area contributed by atoms with Crippen LogP contribution in [0.2, 0.25) is 5.02 Å². The normalized spacial score (nSPS) is 22.6. The number of imide groups is 1. The van der Waals surface area contributed by atoms with Crippen molar-refractivity contribution >= 4 is 35.1 Å². The second-order valence-corrected chi connectivity index (χ2v) is 8.24. The van der Waals surface area contributed by atoms with Gasteiger partial charge in [0.15, 0.2) is 5.54 Å². The molecule has 4 amide bonds. The number of furan rings is 1. The third-order valence-electron chi connectivity index (χ3n) is 5.61. The van der Waals surface area contributed by atoms with Crippen LogP contribution in [0.5, 0.6) is 0 Å². The molecule has 0 bridgehead atoms. The lowest BCUT2D eigenvalue weighted by molar-refractivity contribution is -0.133. The molecule has 2 aromatic rings. The second kappa shape index (κ2) is 8.70. The van der Waals surface area contributed by atoms with Gasteiger partial charge in [0, 0.05) is 26.2 Å². The first kappa shape index (κ1) is 21.4. The molecule has 0 radical (unpaired) electrons. The Morgan fingerprint density at radius 3 is 2.52 bits per heavy atom. The summed E-state index contributed by atoms with van der Waals surface area (Å²) in [5.41, 5.74) is -0.606. The van der Waals surface area contributed by atoms with Gasteiger partial charge in [-0.05, 0) is 31.2 Å². The molecule has 1 unspecified atom stereocenters. The molecule has 4 rings (SSSR count). The monoisotopic (exact) mass is 445 g/mol. The van der Waals surface area contributed by atoms with Crippen molar-refractivity contribution in [3.8, 4) is 0 Å². The SMILES string of the molecule is CC1(c2ccco2)NC(=O)N(CN2CCN(CC(=O)Nc3ccccc3Cl)CC2)C1=O. The number of amides is 4. The number of hydrogen-bond acceptors (Lipinski definition) is 6. The van der Waals surface area contributed by atoms with E-state index in [1.807, 2.05) is 15.9 Å². The van der Waals surface area contributed by atoms with Gasteiger partial charge in [-0.2, -0.15) is 0 Å². The highest BCUT2D eigenvalue weighted by Crippen LogP contribution is 2.29. The van der Waals surface area contributed by atoms with E-state index in [4.69, 9.17) is 16.0 Å². The van der Waals surface area contributed by atoms with E-state index in [1.54, 1.807) is 37.3 Å². The number of anilines is 1. The summed E-state index contributed by atoms with van der Waals surface area (Å²) in [6, 6.07) is 10.0. The fourth-order valence-electron chi connectivity index (χ4n) is 3.80. The molecule has 0 aliphatic carbocycles. The number of nitrogens with one attached hydrogen (secondary N) is 2. The lowest BCUT2D eigenvalue weighted by atomic mass is 9.99. The van der Waals surface area contributed by atoms with Crippen molar-refractivity contribution in [2.24, 2.45) is 0 Å². The van der Waals surface area contributed by atoms with Crippen molar-refractivity contribution in [1.82, 2.24) is 20.0 Å². The van der Waals surface area contributed by atoms with Crippen LogP contribution in [-0.2, 0) is 15.1 Å². The molecule has 1 aromatic heterocycles. The van der Waals surface area contributed by atoms with E-state index in [-0.39, 0.29) is 25.0 Å². The Morgan fingerprint density at radius 1 is 1.13 bits per heavy atom. The van der Waals surface area contributed by atoms with Gasteiger partial charge in [0.05, 0.1) is 30.2 Å². The van der Waals surface area contributed by atoms with Crippen LogP contribution in [0, 0.1) is 0 Å². The Hall–Kier alpha value is -2.88. The smallest absolute Gasteiger partial charge is 0.326 e. The molecule has 2 fully saturated rings. The first-order valence-corrected chi connectivity index (χ1v) is 10.4.